The smallest absolute Gasteiger partial charge is 0.160 e. The Balaban J connectivity index is 1.16. The lowest BCUT2D eigenvalue weighted by molar-refractivity contribution is 0.793. The Labute approximate surface area is 331 Å². The first-order valence-corrected chi connectivity index (χ1v) is 19.1. The maximum Gasteiger partial charge on any atom is 0.160 e. The normalized spacial score (nSPS) is 12.7. The average Bonchev–Trinajstić information content (AvgIpc) is 3.76. The molecule has 57 heavy (non-hydrogen) atoms. The van der Waals surface area contributed by atoms with Crippen LogP contribution in [0.2, 0.25) is 0 Å². The summed E-state index contributed by atoms with van der Waals surface area (Å²) in [5.41, 5.74) is 18.6. The molecule has 1 spiro atoms. The van der Waals surface area contributed by atoms with Gasteiger partial charge in [-0.15, -0.1) is 0 Å². The SMILES string of the molecule is N#Cc1ccc2c(c1)C1(c3ccccc3-c3ccccc31)c1cc(-c3cc(-c4cccnc4)cc(-c4cc(-c5ccccc5)nc(-c5ccccc5)n4)c3)ccc1-2. The standard InChI is InChI=1S/C53H32N4/c54-32-34-21-23-44-45-24-22-37(30-49(45)53(48(44)26-34)46-19-9-7-17-42(46)43-18-8-10-20-47(43)53)39-27-40(38-16-11-25-55-33-38)29-41(28-39)51-31-50(35-12-3-1-4-13-35)56-52(57-51)36-14-5-2-6-15-36/h1-31,33H. The van der Waals surface area contributed by atoms with E-state index in [9.17, 15) is 5.26 Å². The second-order valence-corrected chi connectivity index (χ2v) is 14.7. The van der Waals surface area contributed by atoms with Crippen LogP contribution in [-0.2, 0) is 5.41 Å². The predicted octanol–water partition coefficient (Wildman–Crippen LogP) is 12.4. The molecule has 0 aliphatic heterocycles. The number of aromatic nitrogens is 3. The molecular formula is C53H32N4. The molecule has 0 unspecified atom stereocenters. The van der Waals surface area contributed by atoms with E-state index in [0.717, 1.165) is 61.5 Å². The third-order valence-corrected chi connectivity index (χ3v) is 11.6. The van der Waals surface area contributed by atoms with E-state index in [4.69, 9.17) is 9.97 Å². The minimum atomic E-state index is -0.577. The molecule has 0 atom stereocenters. The zero-order chi connectivity index (χ0) is 37.9. The third-order valence-electron chi connectivity index (χ3n) is 11.6. The predicted molar refractivity (Wildman–Crippen MR) is 228 cm³/mol. The van der Waals surface area contributed by atoms with Gasteiger partial charge in [0.25, 0.3) is 0 Å². The summed E-state index contributed by atoms with van der Waals surface area (Å²) in [6, 6.07) is 66.4. The van der Waals surface area contributed by atoms with E-state index in [1.165, 1.54) is 33.4 Å². The van der Waals surface area contributed by atoms with Crippen molar-refractivity contribution in [1.82, 2.24) is 15.0 Å². The minimum absolute atomic E-state index is 0.577. The summed E-state index contributed by atoms with van der Waals surface area (Å²) < 4.78 is 0. The highest BCUT2D eigenvalue weighted by molar-refractivity contribution is 5.96. The van der Waals surface area contributed by atoms with Crippen molar-refractivity contribution in [3.05, 3.63) is 222 Å². The summed E-state index contributed by atoms with van der Waals surface area (Å²) in [4.78, 5) is 14.8. The molecule has 0 saturated carbocycles. The van der Waals surface area contributed by atoms with Gasteiger partial charge in [0.15, 0.2) is 5.82 Å². The number of pyridine rings is 1. The van der Waals surface area contributed by atoms with Gasteiger partial charge < -0.3 is 0 Å². The fourth-order valence-corrected chi connectivity index (χ4v) is 9.10. The second-order valence-electron chi connectivity index (χ2n) is 14.7. The Morgan fingerprint density at radius 2 is 0.930 bits per heavy atom. The van der Waals surface area contributed by atoms with E-state index >= 15 is 0 Å². The molecule has 2 aliphatic rings. The Kier molecular flexibility index (Phi) is 7.42. The molecule has 11 rings (SSSR count). The fraction of sp³-hybridized carbons (Fsp3) is 0.0189. The number of benzene rings is 7. The number of hydrogen-bond acceptors (Lipinski definition) is 4. The van der Waals surface area contributed by atoms with Crippen LogP contribution in [0.3, 0.4) is 0 Å². The molecule has 0 N–H and O–H groups in total. The molecule has 0 saturated heterocycles. The quantitative estimate of drug-likeness (QED) is 0.177. The van der Waals surface area contributed by atoms with Gasteiger partial charge in [-0.3, -0.25) is 4.98 Å². The van der Waals surface area contributed by atoms with E-state index in [0.29, 0.717) is 11.4 Å². The molecule has 2 aliphatic carbocycles. The molecule has 9 aromatic rings. The van der Waals surface area contributed by atoms with Crippen molar-refractivity contribution in [3.63, 3.8) is 0 Å². The lowest BCUT2D eigenvalue weighted by Crippen LogP contribution is -2.26. The van der Waals surface area contributed by atoms with Crippen molar-refractivity contribution >= 4 is 0 Å². The zero-order valence-corrected chi connectivity index (χ0v) is 30.8. The molecule has 0 fully saturated rings. The first kappa shape index (κ1) is 32.7. The van der Waals surface area contributed by atoms with E-state index in [-0.39, 0.29) is 0 Å². The topological polar surface area (TPSA) is 62.5 Å². The molecule has 4 heteroatoms. The maximum absolute atomic E-state index is 10.1. The fourth-order valence-electron chi connectivity index (χ4n) is 9.10. The molecule has 7 aromatic carbocycles. The van der Waals surface area contributed by atoms with Crippen molar-refractivity contribution < 1.29 is 0 Å². The van der Waals surface area contributed by atoms with Gasteiger partial charge in [0.05, 0.1) is 28.4 Å². The molecule has 0 amide bonds. The Morgan fingerprint density at radius 3 is 1.60 bits per heavy atom. The highest BCUT2D eigenvalue weighted by Gasteiger charge is 2.51. The van der Waals surface area contributed by atoms with Crippen molar-refractivity contribution in [2.45, 2.75) is 5.41 Å². The van der Waals surface area contributed by atoms with E-state index in [1.807, 2.05) is 60.9 Å². The van der Waals surface area contributed by atoms with Crippen LogP contribution in [0, 0.1) is 11.3 Å². The van der Waals surface area contributed by atoms with Crippen LogP contribution in [0.25, 0.3) is 78.4 Å². The van der Waals surface area contributed by atoms with Gasteiger partial charge in [-0.2, -0.15) is 5.26 Å². The van der Waals surface area contributed by atoms with Gasteiger partial charge in [0, 0.05) is 34.6 Å². The number of nitrogens with zero attached hydrogens (tertiary/aromatic N) is 4. The summed E-state index contributed by atoms with van der Waals surface area (Å²) in [6.07, 6.45) is 3.73. The number of hydrogen-bond donors (Lipinski definition) is 0. The summed E-state index contributed by atoms with van der Waals surface area (Å²) in [5, 5.41) is 10.1. The molecule has 4 nitrogen and oxygen atoms in total. The molecule has 0 radical (unpaired) electrons. The monoisotopic (exact) mass is 724 g/mol. The van der Waals surface area contributed by atoms with E-state index in [1.54, 1.807) is 0 Å². The van der Waals surface area contributed by atoms with Crippen LogP contribution < -0.4 is 0 Å². The summed E-state index contributed by atoms with van der Waals surface area (Å²) in [7, 11) is 0. The largest absolute Gasteiger partial charge is 0.264 e. The number of rotatable bonds is 5. The minimum Gasteiger partial charge on any atom is -0.264 e. The number of nitriles is 1. The Bertz CT molecular complexity index is 2970. The van der Waals surface area contributed by atoms with Gasteiger partial charge in [-0.25, -0.2) is 9.97 Å². The first-order valence-electron chi connectivity index (χ1n) is 19.1. The first-order chi connectivity index (χ1) is 28.2. The highest BCUT2D eigenvalue weighted by atomic mass is 14.9. The van der Waals surface area contributed by atoms with Crippen LogP contribution in [0.5, 0.6) is 0 Å². The van der Waals surface area contributed by atoms with Gasteiger partial charge in [0.2, 0.25) is 0 Å². The van der Waals surface area contributed by atoms with Crippen LogP contribution >= 0.6 is 0 Å². The van der Waals surface area contributed by atoms with Gasteiger partial charge >= 0.3 is 0 Å². The van der Waals surface area contributed by atoms with Crippen molar-refractivity contribution in [2.75, 3.05) is 0 Å². The van der Waals surface area contributed by atoms with Crippen molar-refractivity contribution in [1.29, 1.82) is 5.26 Å². The lowest BCUT2D eigenvalue weighted by Gasteiger charge is -2.30. The van der Waals surface area contributed by atoms with E-state index in [2.05, 4.69) is 145 Å². The van der Waals surface area contributed by atoms with Crippen LogP contribution in [0.15, 0.2) is 194 Å². The molecule has 2 heterocycles. The lowest BCUT2D eigenvalue weighted by atomic mass is 9.70. The van der Waals surface area contributed by atoms with Crippen molar-refractivity contribution in [2.24, 2.45) is 0 Å². The maximum atomic E-state index is 10.1. The second kappa shape index (κ2) is 12.9. The van der Waals surface area contributed by atoms with Crippen LogP contribution in [-0.4, -0.2) is 15.0 Å². The summed E-state index contributed by atoms with van der Waals surface area (Å²) in [6.45, 7) is 0. The Morgan fingerprint density at radius 1 is 0.386 bits per heavy atom. The van der Waals surface area contributed by atoms with Gasteiger partial charge in [-0.05, 0) is 110 Å². The summed E-state index contributed by atoms with van der Waals surface area (Å²) in [5.74, 6) is 0.674. The van der Waals surface area contributed by atoms with E-state index < -0.39 is 5.41 Å². The summed E-state index contributed by atoms with van der Waals surface area (Å²) >= 11 is 0. The average molecular weight is 725 g/mol. The van der Waals surface area contributed by atoms with Crippen LogP contribution in [0.4, 0.5) is 0 Å². The number of fused-ring (bicyclic) bond motifs is 10. The molecule has 0 bridgehead atoms. The highest BCUT2D eigenvalue weighted by Crippen LogP contribution is 2.63. The molecular weight excluding hydrogens is 693 g/mol. The van der Waals surface area contributed by atoms with Gasteiger partial charge in [0.1, 0.15) is 0 Å². The van der Waals surface area contributed by atoms with Gasteiger partial charge in [-0.1, -0.05) is 133 Å². The van der Waals surface area contributed by atoms with Crippen LogP contribution in [0.1, 0.15) is 27.8 Å². The Hall–Kier alpha value is -7.74. The third kappa shape index (κ3) is 5.10. The molecule has 264 valence electrons. The molecule has 2 aromatic heterocycles. The zero-order valence-electron chi connectivity index (χ0n) is 30.8. The van der Waals surface area contributed by atoms with Crippen molar-refractivity contribution in [3.8, 4) is 84.5 Å².